The van der Waals surface area contributed by atoms with Crippen molar-refractivity contribution < 1.29 is 9.59 Å². The van der Waals surface area contributed by atoms with E-state index in [-0.39, 0.29) is 24.8 Å². The van der Waals surface area contributed by atoms with Crippen LogP contribution in [-0.2, 0) is 9.59 Å². The Kier molecular flexibility index (Phi) is 4.25. The van der Waals surface area contributed by atoms with Gasteiger partial charge in [-0.2, -0.15) is 0 Å². The van der Waals surface area contributed by atoms with Gasteiger partial charge in [0, 0.05) is 13.0 Å². The average Bonchev–Trinajstić information content (AvgIpc) is 2.50. The van der Waals surface area contributed by atoms with Crippen LogP contribution in [0, 0.1) is 0 Å². The number of rotatable bonds is 2. The van der Waals surface area contributed by atoms with Crippen molar-refractivity contribution in [1.82, 2.24) is 5.32 Å². The van der Waals surface area contributed by atoms with Crippen molar-refractivity contribution in [3.8, 4) is 0 Å². The van der Waals surface area contributed by atoms with Crippen molar-refractivity contribution in [2.75, 3.05) is 11.4 Å². The molecule has 108 valence electrons. The van der Waals surface area contributed by atoms with Crippen LogP contribution in [0.1, 0.15) is 26.7 Å². The molecule has 1 heterocycles. The van der Waals surface area contributed by atoms with Gasteiger partial charge in [-0.3, -0.25) is 9.59 Å². The van der Waals surface area contributed by atoms with Gasteiger partial charge in [0.1, 0.15) is 5.54 Å². The number of benzene rings is 1. The number of nitrogens with zero attached hydrogens (tertiary/aromatic N) is 1. The van der Waals surface area contributed by atoms with E-state index < -0.39 is 5.54 Å². The van der Waals surface area contributed by atoms with Crippen molar-refractivity contribution in [2.45, 2.75) is 32.2 Å². The minimum Gasteiger partial charge on any atom is -0.342 e. The molecule has 0 spiro atoms. The molecule has 0 radical (unpaired) electrons. The van der Waals surface area contributed by atoms with E-state index >= 15 is 0 Å². The predicted octanol–water partition coefficient (Wildman–Crippen LogP) is 3.02. The van der Waals surface area contributed by atoms with Crippen molar-refractivity contribution in [3.05, 3.63) is 28.2 Å². The zero-order chi connectivity index (χ0) is 14.9. The molecule has 1 aromatic carbocycles. The van der Waals surface area contributed by atoms with Gasteiger partial charge in [0.15, 0.2) is 0 Å². The van der Waals surface area contributed by atoms with E-state index in [0.29, 0.717) is 22.2 Å². The zero-order valence-corrected chi connectivity index (χ0v) is 12.9. The lowest BCUT2D eigenvalue weighted by Crippen LogP contribution is -2.54. The fourth-order valence-electron chi connectivity index (χ4n) is 2.24. The van der Waals surface area contributed by atoms with E-state index in [1.54, 1.807) is 25.1 Å². The number of anilines is 1. The first-order chi connectivity index (χ1) is 9.39. The third-order valence-corrected chi connectivity index (χ3v) is 4.22. The molecule has 1 fully saturated rings. The molecular formula is C14H16Cl2N2O2. The summed E-state index contributed by atoms with van der Waals surface area (Å²) < 4.78 is 0. The fourth-order valence-corrected chi connectivity index (χ4v) is 2.84. The molecule has 1 atom stereocenters. The number of amides is 2. The lowest BCUT2D eigenvalue weighted by molar-refractivity contribution is -0.129. The molecule has 0 saturated carbocycles. The maximum Gasteiger partial charge on any atom is 0.252 e. The highest BCUT2D eigenvalue weighted by Gasteiger charge is 2.40. The Morgan fingerprint density at radius 3 is 2.45 bits per heavy atom. The van der Waals surface area contributed by atoms with Crippen LogP contribution in [0.5, 0.6) is 0 Å². The summed E-state index contributed by atoms with van der Waals surface area (Å²) in [7, 11) is 0. The zero-order valence-electron chi connectivity index (χ0n) is 11.4. The molecule has 1 aliphatic heterocycles. The number of carbonyl (C=O) groups excluding carboxylic acids is 2. The minimum absolute atomic E-state index is 0.145. The number of halogens is 2. The molecule has 4 nitrogen and oxygen atoms in total. The van der Waals surface area contributed by atoms with Crippen molar-refractivity contribution in [2.24, 2.45) is 0 Å². The number of nitrogens with one attached hydrogen (secondary N) is 1. The van der Waals surface area contributed by atoms with Crippen LogP contribution < -0.4 is 10.2 Å². The Morgan fingerprint density at radius 2 is 1.90 bits per heavy atom. The van der Waals surface area contributed by atoms with Crippen LogP contribution in [-0.4, -0.2) is 23.9 Å². The van der Waals surface area contributed by atoms with Gasteiger partial charge in [-0.25, -0.2) is 0 Å². The maximum absolute atomic E-state index is 12.7. The van der Waals surface area contributed by atoms with Gasteiger partial charge in [0.2, 0.25) is 5.91 Å². The molecule has 6 heteroatoms. The summed E-state index contributed by atoms with van der Waals surface area (Å²) in [5.41, 5.74) is -0.465. The van der Waals surface area contributed by atoms with Crippen LogP contribution in [0.3, 0.4) is 0 Å². The highest BCUT2D eigenvalue weighted by atomic mass is 35.5. The third-order valence-electron chi connectivity index (χ3n) is 3.61. The summed E-state index contributed by atoms with van der Waals surface area (Å²) in [5.74, 6) is -0.339. The SMILES string of the molecule is CCC1(C)NC(=O)CCN(c2c(Cl)cccc2Cl)C1=O. The topological polar surface area (TPSA) is 49.4 Å². The summed E-state index contributed by atoms with van der Waals surface area (Å²) in [6, 6.07) is 5.08. The van der Waals surface area contributed by atoms with Gasteiger partial charge in [-0.1, -0.05) is 36.2 Å². The highest BCUT2D eigenvalue weighted by Crippen LogP contribution is 2.35. The Bertz CT molecular complexity index is 542. The molecule has 1 aliphatic rings. The molecule has 0 aliphatic carbocycles. The second-order valence-electron chi connectivity index (χ2n) is 5.01. The molecule has 1 aromatic rings. The number of para-hydroxylation sites is 1. The molecule has 0 aromatic heterocycles. The Hall–Kier alpha value is -1.26. The largest absolute Gasteiger partial charge is 0.342 e. The van der Waals surface area contributed by atoms with Crippen LogP contribution in [0.15, 0.2) is 18.2 Å². The summed E-state index contributed by atoms with van der Waals surface area (Å²) in [6.07, 6.45) is 0.721. The number of hydrogen-bond acceptors (Lipinski definition) is 2. The normalized spacial score (nSPS) is 23.5. The van der Waals surface area contributed by atoms with Gasteiger partial charge in [0.25, 0.3) is 5.91 Å². The Labute approximate surface area is 128 Å². The molecule has 1 saturated heterocycles. The molecule has 2 rings (SSSR count). The molecule has 2 amide bonds. The van der Waals surface area contributed by atoms with Crippen LogP contribution in [0.4, 0.5) is 5.69 Å². The van der Waals surface area contributed by atoms with E-state index in [4.69, 9.17) is 23.2 Å². The lowest BCUT2D eigenvalue weighted by atomic mass is 9.97. The van der Waals surface area contributed by atoms with Gasteiger partial charge in [0.05, 0.1) is 15.7 Å². The first kappa shape index (κ1) is 15.1. The summed E-state index contributed by atoms with van der Waals surface area (Å²) in [4.78, 5) is 26.0. The number of carbonyl (C=O) groups is 2. The van der Waals surface area contributed by atoms with Gasteiger partial charge < -0.3 is 10.2 Å². The van der Waals surface area contributed by atoms with E-state index in [1.165, 1.54) is 4.90 Å². The monoisotopic (exact) mass is 314 g/mol. The summed E-state index contributed by atoms with van der Waals surface area (Å²) in [6.45, 7) is 3.84. The van der Waals surface area contributed by atoms with Gasteiger partial charge in [-0.05, 0) is 25.5 Å². The Morgan fingerprint density at radius 1 is 1.30 bits per heavy atom. The van der Waals surface area contributed by atoms with Crippen molar-refractivity contribution >= 4 is 40.7 Å². The predicted molar refractivity (Wildman–Crippen MR) is 80.3 cm³/mol. The molecule has 1 unspecified atom stereocenters. The quantitative estimate of drug-likeness (QED) is 0.912. The van der Waals surface area contributed by atoms with Crippen LogP contribution >= 0.6 is 23.2 Å². The Balaban J connectivity index is 2.50. The van der Waals surface area contributed by atoms with E-state index in [1.807, 2.05) is 6.92 Å². The first-order valence-corrected chi connectivity index (χ1v) is 7.21. The van der Waals surface area contributed by atoms with Crippen LogP contribution in [0.25, 0.3) is 0 Å². The minimum atomic E-state index is -0.934. The average molecular weight is 315 g/mol. The van der Waals surface area contributed by atoms with Crippen molar-refractivity contribution in [3.63, 3.8) is 0 Å². The first-order valence-electron chi connectivity index (χ1n) is 6.46. The van der Waals surface area contributed by atoms with Crippen molar-refractivity contribution in [1.29, 1.82) is 0 Å². The summed E-state index contributed by atoms with van der Waals surface area (Å²) >= 11 is 12.3. The third kappa shape index (κ3) is 2.63. The van der Waals surface area contributed by atoms with E-state index in [9.17, 15) is 9.59 Å². The second-order valence-corrected chi connectivity index (χ2v) is 5.83. The summed E-state index contributed by atoms with van der Waals surface area (Å²) in [5, 5.41) is 3.58. The second kappa shape index (κ2) is 5.62. The number of hydrogen-bond donors (Lipinski definition) is 1. The molecule has 1 N–H and O–H groups in total. The van der Waals surface area contributed by atoms with E-state index in [0.717, 1.165) is 0 Å². The van der Waals surface area contributed by atoms with Crippen LogP contribution in [0.2, 0.25) is 10.0 Å². The standard InChI is InChI=1S/C14H16Cl2N2O2/c1-3-14(2)13(20)18(8-7-11(19)17-14)12-9(15)5-4-6-10(12)16/h4-6H,3,7-8H2,1-2H3,(H,17,19). The smallest absolute Gasteiger partial charge is 0.252 e. The molecular weight excluding hydrogens is 299 g/mol. The van der Waals surface area contributed by atoms with Gasteiger partial charge in [-0.15, -0.1) is 0 Å². The van der Waals surface area contributed by atoms with E-state index in [2.05, 4.69) is 5.32 Å². The molecule has 0 bridgehead atoms. The van der Waals surface area contributed by atoms with Gasteiger partial charge >= 0.3 is 0 Å². The maximum atomic E-state index is 12.7. The lowest BCUT2D eigenvalue weighted by Gasteiger charge is -2.32. The molecule has 20 heavy (non-hydrogen) atoms. The fraction of sp³-hybridized carbons (Fsp3) is 0.429. The highest BCUT2D eigenvalue weighted by molar-refractivity contribution is 6.40.